The first kappa shape index (κ1) is 15.4. The third kappa shape index (κ3) is 5.36. The highest BCUT2D eigenvalue weighted by molar-refractivity contribution is 5.76. The Hall–Kier alpha value is -0.610. The summed E-state index contributed by atoms with van der Waals surface area (Å²) in [5, 5.41) is 0. The lowest BCUT2D eigenvalue weighted by Crippen LogP contribution is -2.49. The number of nitrogens with zero attached hydrogens (tertiary/aromatic N) is 1. The second-order valence-electron chi connectivity index (χ2n) is 6.33. The number of carbonyl (C=O) groups excluding carboxylic acids is 1. The van der Waals surface area contributed by atoms with Crippen molar-refractivity contribution in [1.82, 2.24) is 4.90 Å². The maximum atomic E-state index is 12.3. The summed E-state index contributed by atoms with van der Waals surface area (Å²) < 4.78 is 10.9. The highest BCUT2D eigenvalue weighted by Gasteiger charge is 2.31. The topological polar surface area (TPSA) is 38.8 Å². The molecule has 0 bridgehead atoms. The molecule has 1 atom stereocenters. The number of ether oxygens (including phenoxy) is 2. The van der Waals surface area contributed by atoms with Crippen LogP contribution in [0.1, 0.15) is 41.0 Å². The van der Waals surface area contributed by atoms with Crippen molar-refractivity contribution in [2.75, 3.05) is 26.3 Å². The minimum atomic E-state index is -0.418. The number of morpholine rings is 1. The van der Waals surface area contributed by atoms with Gasteiger partial charge in [0.15, 0.2) is 0 Å². The zero-order valence-corrected chi connectivity index (χ0v) is 12.4. The van der Waals surface area contributed by atoms with Crippen LogP contribution in [0.4, 0.5) is 0 Å². The highest BCUT2D eigenvalue weighted by atomic mass is 16.6. The zero-order valence-electron chi connectivity index (χ0n) is 12.4. The van der Waals surface area contributed by atoms with Gasteiger partial charge in [-0.05, 0) is 33.1 Å². The molecule has 4 heteroatoms. The Bertz CT molecular complexity index is 265. The molecule has 1 aliphatic heterocycles. The number of carbonyl (C=O) groups is 1. The average Bonchev–Trinajstić information content (AvgIpc) is 2.24. The summed E-state index contributed by atoms with van der Waals surface area (Å²) in [5.74, 6) is 0.378. The molecule has 1 saturated heterocycles. The van der Waals surface area contributed by atoms with Crippen LogP contribution in [0.25, 0.3) is 0 Å². The molecular weight excluding hydrogens is 230 g/mol. The number of rotatable bonds is 4. The van der Waals surface area contributed by atoms with Gasteiger partial charge in [-0.15, -0.1) is 0 Å². The normalized spacial score (nSPS) is 19.9. The molecule has 0 spiro atoms. The van der Waals surface area contributed by atoms with Gasteiger partial charge in [-0.2, -0.15) is 0 Å². The van der Waals surface area contributed by atoms with Crippen LogP contribution >= 0.6 is 0 Å². The lowest BCUT2D eigenvalue weighted by Gasteiger charge is -2.35. The summed E-state index contributed by atoms with van der Waals surface area (Å²) in [6.07, 6.45) is 0.842. The summed E-state index contributed by atoms with van der Waals surface area (Å²) in [7, 11) is 0. The Morgan fingerprint density at radius 3 is 2.28 bits per heavy atom. The molecule has 1 fully saturated rings. The summed E-state index contributed by atoms with van der Waals surface area (Å²) in [5.41, 5.74) is -0.418. The van der Waals surface area contributed by atoms with Gasteiger partial charge in [0.1, 0.15) is 11.6 Å². The van der Waals surface area contributed by atoms with Gasteiger partial charge < -0.3 is 9.47 Å². The van der Waals surface area contributed by atoms with E-state index in [1.54, 1.807) is 0 Å². The van der Waals surface area contributed by atoms with Crippen LogP contribution in [0.3, 0.4) is 0 Å². The number of esters is 1. The molecule has 0 saturated carbocycles. The molecule has 0 radical (unpaired) electrons. The Labute approximate surface area is 111 Å². The van der Waals surface area contributed by atoms with Crippen LogP contribution in [0.2, 0.25) is 0 Å². The molecule has 0 aromatic rings. The van der Waals surface area contributed by atoms with Crippen molar-refractivity contribution in [2.24, 2.45) is 5.92 Å². The van der Waals surface area contributed by atoms with Gasteiger partial charge >= 0.3 is 5.97 Å². The fourth-order valence-electron chi connectivity index (χ4n) is 2.10. The van der Waals surface area contributed by atoms with E-state index in [0.29, 0.717) is 19.1 Å². The number of hydrogen-bond acceptors (Lipinski definition) is 4. The average molecular weight is 257 g/mol. The van der Waals surface area contributed by atoms with E-state index in [-0.39, 0.29) is 12.0 Å². The maximum Gasteiger partial charge on any atom is 0.323 e. The second kappa shape index (κ2) is 6.53. The first-order valence-corrected chi connectivity index (χ1v) is 6.84. The molecule has 4 nitrogen and oxygen atoms in total. The van der Waals surface area contributed by atoms with E-state index in [1.807, 2.05) is 20.8 Å². The highest BCUT2D eigenvalue weighted by Crippen LogP contribution is 2.18. The minimum absolute atomic E-state index is 0.0990. The van der Waals surface area contributed by atoms with Crippen molar-refractivity contribution in [3.05, 3.63) is 0 Å². The van der Waals surface area contributed by atoms with Gasteiger partial charge in [0.2, 0.25) is 0 Å². The van der Waals surface area contributed by atoms with Gasteiger partial charge in [-0.25, -0.2) is 0 Å². The molecule has 1 heterocycles. The summed E-state index contributed by atoms with van der Waals surface area (Å²) in [6, 6.07) is -0.131. The second-order valence-corrected chi connectivity index (χ2v) is 6.33. The first-order valence-electron chi connectivity index (χ1n) is 6.84. The minimum Gasteiger partial charge on any atom is -0.459 e. The van der Waals surface area contributed by atoms with E-state index in [2.05, 4.69) is 18.7 Å². The van der Waals surface area contributed by atoms with Crippen LogP contribution in [0.5, 0.6) is 0 Å². The molecule has 0 amide bonds. The Morgan fingerprint density at radius 2 is 1.83 bits per heavy atom. The smallest absolute Gasteiger partial charge is 0.323 e. The fraction of sp³-hybridized carbons (Fsp3) is 0.929. The molecular formula is C14H27NO3. The van der Waals surface area contributed by atoms with E-state index >= 15 is 0 Å². The van der Waals surface area contributed by atoms with E-state index < -0.39 is 5.60 Å². The summed E-state index contributed by atoms with van der Waals surface area (Å²) in [6.45, 7) is 13.1. The molecule has 0 aromatic heterocycles. The van der Waals surface area contributed by atoms with Crippen molar-refractivity contribution in [3.63, 3.8) is 0 Å². The van der Waals surface area contributed by atoms with E-state index in [4.69, 9.17) is 9.47 Å². The van der Waals surface area contributed by atoms with Gasteiger partial charge in [0, 0.05) is 13.1 Å². The van der Waals surface area contributed by atoms with Crippen LogP contribution in [0, 0.1) is 5.92 Å². The van der Waals surface area contributed by atoms with Crippen LogP contribution in [-0.4, -0.2) is 48.8 Å². The molecule has 0 aliphatic carbocycles. The fourth-order valence-corrected chi connectivity index (χ4v) is 2.10. The van der Waals surface area contributed by atoms with Crippen molar-refractivity contribution >= 4 is 5.97 Å². The molecule has 0 unspecified atom stereocenters. The van der Waals surface area contributed by atoms with Gasteiger partial charge in [0.05, 0.1) is 13.2 Å². The molecule has 1 aliphatic rings. The largest absolute Gasteiger partial charge is 0.459 e. The molecule has 0 aromatic carbocycles. The molecule has 106 valence electrons. The quantitative estimate of drug-likeness (QED) is 0.723. The third-order valence-corrected chi connectivity index (χ3v) is 2.86. The summed E-state index contributed by atoms with van der Waals surface area (Å²) in [4.78, 5) is 14.5. The summed E-state index contributed by atoms with van der Waals surface area (Å²) >= 11 is 0. The Kier molecular flexibility index (Phi) is 5.60. The van der Waals surface area contributed by atoms with E-state index in [1.165, 1.54) is 0 Å². The van der Waals surface area contributed by atoms with Gasteiger partial charge in [0.25, 0.3) is 0 Å². The lowest BCUT2D eigenvalue weighted by atomic mass is 10.0. The van der Waals surface area contributed by atoms with Crippen molar-refractivity contribution < 1.29 is 14.3 Å². The standard InChI is InChI=1S/C14H27NO3/c1-11(2)10-12(13(16)18-14(3,4)5)15-6-8-17-9-7-15/h11-12H,6-10H2,1-5H3/t12-/m0/s1. The molecule has 0 N–H and O–H groups in total. The predicted molar refractivity (Wildman–Crippen MR) is 71.5 cm³/mol. The SMILES string of the molecule is CC(C)C[C@@H](C(=O)OC(C)(C)C)N1CCOCC1. The van der Waals surface area contributed by atoms with Gasteiger partial charge in [-0.1, -0.05) is 13.8 Å². The molecule has 18 heavy (non-hydrogen) atoms. The Balaban J connectivity index is 2.67. The van der Waals surface area contributed by atoms with E-state index in [0.717, 1.165) is 19.5 Å². The monoisotopic (exact) mass is 257 g/mol. The van der Waals surface area contributed by atoms with Crippen molar-refractivity contribution in [1.29, 1.82) is 0 Å². The third-order valence-electron chi connectivity index (χ3n) is 2.86. The molecule has 1 rings (SSSR count). The predicted octanol–water partition coefficient (Wildman–Crippen LogP) is 2.08. The van der Waals surface area contributed by atoms with Crippen molar-refractivity contribution in [3.8, 4) is 0 Å². The van der Waals surface area contributed by atoms with Crippen LogP contribution in [0.15, 0.2) is 0 Å². The maximum absolute atomic E-state index is 12.3. The van der Waals surface area contributed by atoms with Crippen LogP contribution in [-0.2, 0) is 14.3 Å². The zero-order chi connectivity index (χ0) is 13.8. The number of hydrogen-bond donors (Lipinski definition) is 0. The lowest BCUT2D eigenvalue weighted by molar-refractivity contribution is -0.163. The van der Waals surface area contributed by atoms with Gasteiger partial charge in [-0.3, -0.25) is 9.69 Å². The van der Waals surface area contributed by atoms with E-state index in [9.17, 15) is 4.79 Å². The van der Waals surface area contributed by atoms with Crippen molar-refractivity contribution in [2.45, 2.75) is 52.7 Å². The first-order chi connectivity index (χ1) is 8.29. The Morgan fingerprint density at radius 1 is 1.28 bits per heavy atom. The van der Waals surface area contributed by atoms with Crippen LogP contribution < -0.4 is 0 Å².